The molecule has 2 aromatic rings. The summed E-state index contributed by atoms with van der Waals surface area (Å²) in [7, 11) is 0. The largest absolute Gasteiger partial charge is 0.475 e. The number of carboxylic acid groups (broad SMARTS) is 1. The number of aromatic carboxylic acids is 1. The number of pyridine rings is 1. The summed E-state index contributed by atoms with van der Waals surface area (Å²) >= 11 is 0. The first-order chi connectivity index (χ1) is 6.77. The van der Waals surface area contributed by atoms with E-state index in [9.17, 15) is 4.79 Å². The summed E-state index contributed by atoms with van der Waals surface area (Å²) in [5.74, 6) is -1.14. The highest BCUT2D eigenvalue weighted by Gasteiger charge is 2.08. The SMILES string of the molecule is O=C(O)c1ncc(-c2cccnc2)[nH]1. The van der Waals surface area contributed by atoms with Gasteiger partial charge in [0.25, 0.3) is 0 Å². The van der Waals surface area contributed by atoms with Crippen molar-refractivity contribution in [3.63, 3.8) is 0 Å². The Bertz CT molecular complexity index is 450. The number of imidazole rings is 1. The number of rotatable bonds is 2. The molecule has 0 unspecified atom stereocenters. The Balaban J connectivity index is 2.39. The predicted molar refractivity (Wildman–Crippen MR) is 48.8 cm³/mol. The van der Waals surface area contributed by atoms with E-state index < -0.39 is 5.97 Å². The van der Waals surface area contributed by atoms with Crippen LogP contribution in [0.25, 0.3) is 11.3 Å². The number of carbonyl (C=O) groups is 1. The van der Waals surface area contributed by atoms with Crippen LogP contribution in [0.1, 0.15) is 10.6 Å². The lowest BCUT2D eigenvalue weighted by molar-refractivity contribution is 0.0685. The van der Waals surface area contributed by atoms with Crippen molar-refractivity contribution in [3.8, 4) is 11.3 Å². The molecule has 0 radical (unpaired) electrons. The summed E-state index contributed by atoms with van der Waals surface area (Å²) in [6.45, 7) is 0. The second-order valence-electron chi connectivity index (χ2n) is 2.69. The van der Waals surface area contributed by atoms with Crippen LogP contribution in [0.2, 0.25) is 0 Å². The van der Waals surface area contributed by atoms with Gasteiger partial charge in [-0.1, -0.05) is 0 Å². The Labute approximate surface area is 79.5 Å². The van der Waals surface area contributed by atoms with Gasteiger partial charge in [-0.2, -0.15) is 0 Å². The molecule has 2 N–H and O–H groups in total. The van der Waals surface area contributed by atoms with Gasteiger partial charge in [-0.25, -0.2) is 9.78 Å². The van der Waals surface area contributed by atoms with E-state index >= 15 is 0 Å². The maximum atomic E-state index is 10.5. The van der Waals surface area contributed by atoms with Crippen molar-refractivity contribution in [1.29, 1.82) is 0 Å². The van der Waals surface area contributed by atoms with Crippen molar-refractivity contribution in [3.05, 3.63) is 36.5 Å². The van der Waals surface area contributed by atoms with Crippen LogP contribution in [0, 0.1) is 0 Å². The molecule has 2 rings (SSSR count). The van der Waals surface area contributed by atoms with Crippen molar-refractivity contribution < 1.29 is 9.90 Å². The third-order valence-corrected chi connectivity index (χ3v) is 1.75. The summed E-state index contributed by atoms with van der Waals surface area (Å²) < 4.78 is 0. The predicted octanol–water partition coefficient (Wildman–Crippen LogP) is 1.17. The van der Waals surface area contributed by atoms with E-state index in [0.717, 1.165) is 5.56 Å². The molecule has 0 aliphatic carbocycles. The molecule has 0 saturated heterocycles. The maximum absolute atomic E-state index is 10.5. The number of nitrogens with one attached hydrogen (secondary N) is 1. The number of aromatic nitrogens is 3. The van der Waals surface area contributed by atoms with Gasteiger partial charge in [0, 0.05) is 18.0 Å². The smallest absolute Gasteiger partial charge is 0.371 e. The second kappa shape index (κ2) is 3.29. The summed E-state index contributed by atoms with van der Waals surface area (Å²) in [5.41, 5.74) is 1.46. The first kappa shape index (κ1) is 8.43. The Hall–Kier alpha value is -2.17. The molecule has 0 atom stereocenters. The average Bonchev–Trinajstić information content (AvgIpc) is 2.68. The molecule has 5 heteroatoms. The van der Waals surface area contributed by atoms with Gasteiger partial charge < -0.3 is 10.1 Å². The third kappa shape index (κ3) is 1.47. The van der Waals surface area contributed by atoms with Gasteiger partial charge in [0.2, 0.25) is 5.82 Å². The van der Waals surface area contributed by atoms with E-state index in [4.69, 9.17) is 5.11 Å². The first-order valence-corrected chi connectivity index (χ1v) is 3.96. The zero-order valence-electron chi connectivity index (χ0n) is 7.14. The van der Waals surface area contributed by atoms with Gasteiger partial charge in [0.15, 0.2) is 0 Å². The van der Waals surface area contributed by atoms with E-state index in [0.29, 0.717) is 5.69 Å². The summed E-state index contributed by atoms with van der Waals surface area (Å²) in [5, 5.41) is 8.64. The lowest BCUT2D eigenvalue weighted by Gasteiger charge is -1.93. The summed E-state index contributed by atoms with van der Waals surface area (Å²) in [4.78, 5) is 20.8. The molecule has 0 amide bonds. The third-order valence-electron chi connectivity index (χ3n) is 1.75. The monoisotopic (exact) mass is 189 g/mol. The van der Waals surface area contributed by atoms with Crippen LogP contribution in [0.5, 0.6) is 0 Å². The summed E-state index contributed by atoms with van der Waals surface area (Å²) in [6.07, 6.45) is 4.76. The fraction of sp³-hybridized carbons (Fsp3) is 0. The van der Waals surface area contributed by atoms with Crippen molar-refractivity contribution in [2.45, 2.75) is 0 Å². The lowest BCUT2D eigenvalue weighted by atomic mass is 10.2. The van der Waals surface area contributed by atoms with Crippen LogP contribution in [-0.4, -0.2) is 26.0 Å². The van der Waals surface area contributed by atoms with E-state index in [2.05, 4.69) is 15.0 Å². The maximum Gasteiger partial charge on any atom is 0.371 e. The molecule has 14 heavy (non-hydrogen) atoms. The van der Waals surface area contributed by atoms with Gasteiger partial charge >= 0.3 is 5.97 Å². The minimum absolute atomic E-state index is 0.0659. The fourth-order valence-electron chi connectivity index (χ4n) is 1.10. The summed E-state index contributed by atoms with van der Waals surface area (Å²) in [6, 6.07) is 3.60. The fourth-order valence-corrected chi connectivity index (χ4v) is 1.10. The van der Waals surface area contributed by atoms with Gasteiger partial charge in [0.05, 0.1) is 11.9 Å². The average molecular weight is 189 g/mol. The number of aromatic amines is 1. The molecule has 70 valence electrons. The molecule has 5 nitrogen and oxygen atoms in total. The second-order valence-corrected chi connectivity index (χ2v) is 2.69. The highest BCUT2D eigenvalue weighted by molar-refractivity contribution is 5.84. The standard InChI is InChI=1S/C9H7N3O2/c13-9(14)8-11-5-7(12-8)6-2-1-3-10-4-6/h1-5H,(H,11,12)(H,13,14). The molecular weight excluding hydrogens is 182 g/mol. The Kier molecular flexibility index (Phi) is 1.98. The molecular formula is C9H7N3O2. The Morgan fingerprint density at radius 2 is 2.29 bits per heavy atom. The van der Waals surface area contributed by atoms with Crippen molar-refractivity contribution >= 4 is 5.97 Å². The van der Waals surface area contributed by atoms with Gasteiger partial charge in [-0.05, 0) is 12.1 Å². The van der Waals surface area contributed by atoms with Crippen molar-refractivity contribution in [1.82, 2.24) is 15.0 Å². The molecule has 2 aromatic heterocycles. The first-order valence-electron chi connectivity index (χ1n) is 3.96. The molecule has 0 aliphatic heterocycles. The van der Waals surface area contributed by atoms with E-state index in [1.165, 1.54) is 6.20 Å². The molecule has 0 saturated carbocycles. The van der Waals surface area contributed by atoms with Crippen LogP contribution < -0.4 is 0 Å². The van der Waals surface area contributed by atoms with Crippen molar-refractivity contribution in [2.24, 2.45) is 0 Å². The van der Waals surface area contributed by atoms with Crippen LogP contribution in [-0.2, 0) is 0 Å². The van der Waals surface area contributed by atoms with Gasteiger partial charge in [-0.3, -0.25) is 4.98 Å². The topological polar surface area (TPSA) is 78.9 Å². The van der Waals surface area contributed by atoms with Gasteiger partial charge in [0.1, 0.15) is 0 Å². The zero-order chi connectivity index (χ0) is 9.97. The van der Waals surface area contributed by atoms with Gasteiger partial charge in [-0.15, -0.1) is 0 Å². The molecule has 0 aromatic carbocycles. The number of nitrogens with zero attached hydrogens (tertiary/aromatic N) is 2. The number of carboxylic acids is 1. The molecule has 0 bridgehead atoms. The van der Waals surface area contributed by atoms with Crippen LogP contribution in [0.15, 0.2) is 30.7 Å². The minimum atomic E-state index is -1.07. The molecule has 2 heterocycles. The lowest BCUT2D eigenvalue weighted by Crippen LogP contribution is -1.98. The number of hydrogen-bond donors (Lipinski definition) is 2. The molecule has 0 aliphatic rings. The number of hydrogen-bond acceptors (Lipinski definition) is 3. The van der Waals surface area contributed by atoms with E-state index in [1.54, 1.807) is 18.5 Å². The molecule has 0 spiro atoms. The van der Waals surface area contributed by atoms with E-state index in [-0.39, 0.29) is 5.82 Å². The minimum Gasteiger partial charge on any atom is -0.475 e. The molecule has 0 fully saturated rings. The van der Waals surface area contributed by atoms with Crippen LogP contribution >= 0.6 is 0 Å². The van der Waals surface area contributed by atoms with E-state index in [1.807, 2.05) is 6.07 Å². The zero-order valence-corrected chi connectivity index (χ0v) is 7.14. The highest BCUT2D eigenvalue weighted by atomic mass is 16.4. The van der Waals surface area contributed by atoms with Crippen molar-refractivity contribution in [2.75, 3.05) is 0 Å². The Morgan fingerprint density at radius 3 is 2.86 bits per heavy atom. The van der Waals surface area contributed by atoms with Crippen LogP contribution in [0.4, 0.5) is 0 Å². The Morgan fingerprint density at radius 1 is 1.43 bits per heavy atom. The highest BCUT2D eigenvalue weighted by Crippen LogP contribution is 2.14. The quantitative estimate of drug-likeness (QED) is 0.743. The number of H-pyrrole nitrogens is 1. The van der Waals surface area contributed by atoms with Crippen LogP contribution in [0.3, 0.4) is 0 Å². The normalized spacial score (nSPS) is 10.0.